The third-order valence-corrected chi connectivity index (χ3v) is 5.45. The normalized spacial score (nSPS) is 20.2. The minimum Gasteiger partial charge on any atom is -0.316 e. The summed E-state index contributed by atoms with van der Waals surface area (Å²) in [6.07, 6.45) is 5.28. The van der Waals surface area contributed by atoms with Gasteiger partial charge in [-0.15, -0.1) is 0 Å². The van der Waals surface area contributed by atoms with Crippen molar-refractivity contribution in [2.75, 3.05) is 29.7 Å². The first-order chi connectivity index (χ1) is 9.13. The molecule has 106 valence electrons. The second-order valence-corrected chi connectivity index (χ2v) is 6.80. The van der Waals surface area contributed by atoms with Crippen molar-refractivity contribution in [2.45, 2.75) is 19.8 Å². The zero-order valence-electron chi connectivity index (χ0n) is 11.2. The average Bonchev–Trinajstić information content (AvgIpc) is 2.41. The molecule has 2 rings (SSSR count). The molecule has 0 spiro atoms. The summed E-state index contributed by atoms with van der Waals surface area (Å²) in [5.41, 5.74) is 0.696. The summed E-state index contributed by atoms with van der Waals surface area (Å²) >= 11 is 0. The van der Waals surface area contributed by atoms with Gasteiger partial charge in [0.25, 0.3) is 0 Å². The molecular formula is C13H21N3O2S. The SMILES string of the molecule is CCN(c1ccncc1)S(=O)(=O)CC1CCCNC1. The Kier molecular flexibility index (Phi) is 4.76. The fourth-order valence-electron chi connectivity index (χ4n) is 2.50. The van der Waals surface area contributed by atoms with Crippen molar-refractivity contribution in [1.82, 2.24) is 10.3 Å². The van der Waals surface area contributed by atoms with Crippen LogP contribution in [0.4, 0.5) is 5.69 Å². The van der Waals surface area contributed by atoms with Gasteiger partial charge in [0.15, 0.2) is 0 Å². The van der Waals surface area contributed by atoms with Gasteiger partial charge >= 0.3 is 0 Å². The Labute approximate surface area is 115 Å². The molecule has 0 aliphatic carbocycles. The van der Waals surface area contributed by atoms with Crippen LogP contribution < -0.4 is 9.62 Å². The smallest absolute Gasteiger partial charge is 0.235 e. The predicted molar refractivity (Wildman–Crippen MR) is 76.6 cm³/mol. The molecule has 2 heterocycles. The molecule has 0 bridgehead atoms. The highest BCUT2D eigenvalue weighted by Crippen LogP contribution is 2.20. The van der Waals surface area contributed by atoms with E-state index in [0.29, 0.717) is 12.2 Å². The van der Waals surface area contributed by atoms with Crippen LogP contribution in [0.2, 0.25) is 0 Å². The summed E-state index contributed by atoms with van der Waals surface area (Å²) in [6.45, 7) is 4.11. The Morgan fingerprint density at radius 2 is 2.16 bits per heavy atom. The van der Waals surface area contributed by atoms with Crippen molar-refractivity contribution >= 4 is 15.7 Å². The highest BCUT2D eigenvalue weighted by molar-refractivity contribution is 7.92. The highest BCUT2D eigenvalue weighted by Gasteiger charge is 2.26. The molecule has 19 heavy (non-hydrogen) atoms. The molecule has 5 nitrogen and oxygen atoms in total. The van der Waals surface area contributed by atoms with Crippen molar-refractivity contribution in [3.8, 4) is 0 Å². The van der Waals surface area contributed by atoms with Crippen LogP contribution in [0.25, 0.3) is 0 Å². The Hall–Kier alpha value is -1.14. The van der Waals surface area contributed by atoms with E-state index in [2.05, 4.69) is 10.3 Å². The monoisotopic (exact) mass is 283 g/mol. The van der Waals surface area contributed by atoms with E-state index in [4.69, 9.17) is 0 Å². The molecule has 0 saturated carbocycles. The maximum atomic E-state index is 12.5. The number of nitrogens with one attached hydrogen (secondary N) is 1. The lowest BCUT2D eigenvalue weighted by atomic mass is 10.0. The van der Waals surface area contributed by atoms with Crippen molar-refractivity contribution in [1.29, 1.82) is 0 Å². The molecule has 1 aliphatic heterocycles. The number of rotatable bonds is 5. The van der Waals surface area contributed by atoms with Gasteiger partial charge in [-0.05, 0) is 50.9 Å². The number of anilines is 1. The zero-order valence-corrected chi connectivity index (χ0v) is 12.1. The summed E-state index contributed by atoms with van der Waals surface area (Å²) in [4.78, 5) is 3.93. The van der Waals surface area contributed by atoms with Gasteiger partial charge in [0, 0.05) is 18.9 Å². The van der Waals surface area contributed by atoms with Crippen molar-refractivity contribution < 1.29 is 8.42 Å². The summed E-state index contributed by atoms with van der Waals surface area (Å²) < 4.78 is 26.5. The molecule has 1 aromatic rings. The summed E-state index contributed by atoms with van der Waals surface area (Å²) in [6, 6.07) is 3.47. The Bertz CT molecular complexity index is 484. The summed E-state index contributed by atoms with van der Waals surface area (Å²) in [7, 11) is -3.26. The van der Waals surface area contributed by atoms with E-state index in [1.807, 2.05) is 6.92 Å². The second-order valence-electron chi connectivity index (χ2n) is 4.86. The van der Waals surface area contributed by atoms with Crippen LogP contribution >= 0.6 is 0 Å². The third kappa shape index (κ3) is 3.67. The van der Waals surface area contributed by atoms with E-state index in [1.54, 1.807) is 24.5 Å². The number of nitrogens with zero attached hydrogens (tertiary/aromatic N) is 2. The lowest BCUT2D eigenvalue weighted by Gasteiger charge is -2.27. The summed E-state index contributed by atoms with van der Waals surface area (Å²) in [5.74, 6) is 0.436. The Balaban J connectivity index is 2.12. The number of hydrogen-bond acceptors (Lipinski definition) is 4. The van der Waals surface area contributed by atoms with E-state index < -0.39 is 10.0 Å². The average molecular weight is 283 g/mol. The minimum atomic E-state index is -3.26. The fourth-order valence-corrected chi connectivity index (χ4v) is 4.40. The molecular weight excluding hydrogens is 262 g/mol. The molecule has 1 atom stereocenters. The van der Waals surface area contributed by atoms with Crippen LogP contribution in [0.15, 0.2) is 24.5 Å². The molecule has 0 aromatic carbocycles. The van der Waals surface area contributed by atoms with Crippen LogP contribution in [0, 0.1) is 5.92 Å². The van der Waals surface area contributed by atoms with Crippen LogP contribution in [-0.2, 0) is 10.0 Å². The first-order valence-electron chi connectivity index (χ1n) is 6.74. The molecule has 1 aliphatic rings. The molecule has 0 amide bonds. The first kappa shape index (κ1) is 14.3. The van der Waals surface area contributed by atoms with Gasteiger partial charge in [-0.1, -0.05) is 0 Å². The molecule has 1 N–H and O–H groups in total. The van der Waals surface area contributed by atoms with E-state index in [1.165, 1.54) is 4.31 Å². The Morgan fingerprint density at radius 3 is 2.74 bits per heavy atom. The molecule has 1 unspecified atom stereocenters. The van der Waals surface area contributed by atoms with Crippen LogP contribution in [-0.4, -0.2) is 38.8 Å². The van der Waals surface area contributed by atoms with Crippen LogP contribution in [0.5, 0.6) is 0 Å². The molecule has 0 radical (unpaired) electrons. The number of pyridine rings is 1. The standard InChI is InChI=1S/C13H21N3O2S/c1-2-16(13-5-8-14-9-6-13)19(17,18)11-12-4-3-7-15-10-12/h5-6,8-9,12,15H,2-4,7,10-11H2,1H3. The van der Waals surface area contributed by atoms with Gasteiger partial charge in [0.2, 0.25) is 10.0 Å². The minimum absolute atomic E-state index is 0.217. The predicted octanol–water partition coefficient (Wildman–Crippen LogP) is 1.24. The zero-order chi connectivity index (χ0) is 13.7. The lowest BCUT2D eigenvalue weighted by molar-refractivity contribution is 0.403. The van der Waals surface area contributed by atoms with Crippen molar-refractivity contribution in [3.63, 3.8) is 0 Å². The highest BCUT2D eigenvalue weighted by atomic mass is 32.2. The second kappa shape index (κ2) is 6.34. The quantitative estimate of drug-likeness (QED) is 0.883. The molecule has 6 heteroatoms. The van der Waals surface area contributed by atoms with Gasteiger partial charge in [0.1, 0.15) is 0 Å². The van der Waals surface area contributed by atoms with E-state index in [-0.39, 0.29) is 11.7 Å². The maximum absolute atomic E-state index is 12.5. The van der Waals surface area contributed by atoms with Gasteiger partial charge in [-0.2, -0.15) is 0 Å². The Morgan fingerprint density at radius 1 is 1.42 bits per heavy atom. The number of aromatic nitrogens is 1. The third-order valence-electron chi connectivity index (χ3n) is 3.42. The van der Waals surface area contributed by atoms with E-state index in [9.17, 15) is 8.42 Å². The van der Waals surface area contributed by atoms with Gasteiger partial charge in [-0.3, -0.25) is 9.29 Å². The first-order valence-corrected chi connectivity index (χ1v) is 8.35. The van der Waals surface area contributed by atoms with Gasteiger partial charge < -0.3 is 5.32 Å². The maximum Gasteiger partial charge on any atom is 0.235 e. The van der Waals surface area contributed by atoms with Crippen molar-refractivity contribution in [2.24, 2.45) is 5.92 Å². The van der Waals surface area contributed by atoms with Gasteiger partial charge in [0.05, 0.1) is 11.4 Å². The van der Waals surface area contributed by atoms with Gasteiger partial charge in [-0.25, -0.2) is 8.42 Å². The molecule has 1 fully saturated rings. The number of piperidine rings is 1. The molecule has 1 saturated heterocycles. The van der Waals surface area contributed by atoms with E-state index in [0.717, 1.165) is 25.9 Å². The van der Waals surface area contributed by atoms with Crippen LogP contribution in [0.1, 0.15) is 19.8 Å². The largest absolute Gasteiger partial charge is 0.316 e. The van der Waals surface area contributed by atoms with Crippen molar-refractivity contribution in [3.05, 3.63) is 24.5 Å². The summed E-state index contributed by atoms with van der Waals surface area (Å²) in [5, 5.41) is 3.26. The van der Waals surface area contributed by atoms with E-state index >= 15 is 0 Å². The number of hydrogen-bond donors (Lipinski definition) is 1. The fraction of sp³-hybridized carbons (Fsp3) is 0.615. The molecule has 1 aromatic heterocycles. The number of sulfonamides is 1. The lowest BCUT2D eigenvalue weighted by Crippen LogP contribution is -2.40. The topological polar surface area (TPSA) is 62.3 Å². The van der Waals surface area contributed by atoms with Crippen LogP contribution in [0.3, 0.4) is 0 Å².